The van der Waals surface area contributed by atoms with E-state index in [4.69, 9.17) is 9.47 Å². The van der Waals surface area contributed by atoms with Crippen LogP contribution in [0.2, 0.25) is 0 Å². The zero-order valence-electron chi connectivity index (χ0n) is 20.4. The molecule has 1 saturated heterocycles. The highest BCUT2D eigenvalue weighted by Crippen LogP contribution is 2.35. The minimum atomic E-state index is -0.690. The maximum atomic E-state index is 10.9. The first-order chi connectivity index (χ1) is 17.1. The molecule has 2 atom stereocenters. The van der Waals surface area contributed by atoms with Crippen LogP contribution in [0.1, 0.15) is 40.6 Å². The molecule has 7 heteroatoms. The zero-order chi connectivity index (χ0) is 24.2. The number of nitrogens with zero attached hydrogens (tertiary/aromatic N) is 3. The third-order valence-electron chi connectivity index (χ3n) is 6.88. The van der Waals surface area contributed by atoms with Crippen LogP contribution in [0.25, 0.3) is 10.2 Å². The quantitative estimate of drug-likeness (QED) is 0.331. The maximum absolute atomic E-state index is 10.9. The number of aromatic nitrogens is 2. The average molecular weight is 492 g/mol. The monoisotopic (exact) mass is 491 g/mol. The third kappa shape index (κ3) is 5.43. The normalized spacial score (nSPS) is 17.3. The topological polar surface area (TPSA) is 59.8 Å². The molecule has 0 aliphatic carbocycles. The Morgan fingerprint density at radius 2 is 2.00 bits per heavy atom. The van der Waals surface area contributed by atoms with E-state index in [0.29, 0.717) is 18.5 Å². The number of hydrogen-bond donors (Lipinski definition) is 1. The van der Waals surface area contributed by atoms with Gasteiger partial charge in [-0.1, -0.05) is 30.3 Å². The van der Waals surface area contributed by atoms with E-state index in [9.17, 15) is 5.11 Å². The second-order valence-electron chi connectivity index (χ2n) is 9.22. The van der Waals surface area contributed by atoms with E-state index in [0.717, 1.165) is 36.7 Å². The molecule has 1 fully saturated rings. The lowest BCUT2D eigenvalue weighted by Gasteiger charge is -2.25. The molecule has 1 N–H and O–H groups in total. The number of rotatable bonds is 10. The number of aryl methyl sites for hydroxylation is 1. The summed E-state index contributed by atoms with van der Waals surface area (Å²) in [7, 11) is 1.59. The molecule has 35 heavy (non-hydrogen) atoms. The van der Waals surface area contributed by atoms with Gasteiger partial charge in [0.25, 0.3) is 0 Å². The second-order valence-corrected chi connectivity index (χ2v) is 10.3. The largest absolute Gasteiger partial charge is 0.481 e. The molecule has 2 unspecified atom stereocenters. The van der Waals surface area contributed by atoms with Crippen LogP contribution in [0, 0.1) is 6.92 Å². The summed E-state index contributed by atoms with van der Waals surface area (Å²) >= 11 is 1.66. The lowest BCUT2D eigenvalue weighted by molar-refractivity contribution is 0.0658. The molecule has 184 valence electrons. The SMILES string of the molecule is COc1ccc(C(O)c2cc3cc(C)n(CCN4CCCC4COCc4ccccc4)c3s2)cn1. The Balaban J connectivity index is 1.22. The van der Waals surface area contributed by atoms with Crippen molar-refractivity contribution < 1.29 is 14.6 Å². The van der Waals surface area contributed by atoms with Gasteiger partial charge in [-0.2, -0.15) is 0 Å². The first-order valence-electron chi connectivity index (χ1n) is 12.3. The molecular formula is C28H33N3O3S. The smallest absolute Gasteiger partial charge is 0.212 e. The second kappa shape index (κ2) is 10.9. The minimum Gasteiger partial charge on any atom is -0.481 e. The van der Waals surface area contributed by atoms with E-state index in [-0.39, 0.29) is 0 Å². The molecule has 3 aromatic heterocycles. The first kappa shape index (κ1) is 24.0. The number of benzene rings is 1. The van der Waals surface area contributed by atoms with Gasteiger partial charge in [0.1, 0.15) is 10.9 Å². The fourth-order valence-corrected chi connectivity index (χ4v) is 6.18. The molecule has 1 aromatic carbocycles. The van der Waals surface area contributed by atoms with Crippen LogP contribution in [0.4, 0.5) is 0 Å². The van der Waals surface area contributed by atoms with Gasteiger partial charge in [-0.3, -0.25) is 4.90 Å². The molecule has 0 radical (unpaired) electrons. The van der Waals surface area contributed by atoms with E-state index in [1.807, 2.05) is 12.1 Å². The Bertz CT molecular complexity index is 1240. The predicted molar refractivity (Wildman–Crippen MR) is 140 cm³/mol. The van der Waals surface area contributed by atoms with Gasteiger partial charge >= 0.3 is 0 Å². The summed E-state index contributed by atoms with van der Waals surface area (Å²) in [4.78, 5) is 8.96. The summed E-state index contributed by atoms with van der Waals surface area (Å²) in [6.45, 7) is 6.68. The van der Waals surface area contributed by atoms with E-state index in [1.165, 1.54) is 34.3 Å². The lowest BCUT2D eigenvalue weighted by Crippen LogP contribution is -2.35. The molecule has 4 heterocycles. The molecule has 0 spiro atoms. The summed E-state index contributed by atoms with van der Waals surface area (Å²) in [5, 5.41) is 12.1. The van der Waals surface area contributed by atoms with Crippen LogP contribution in [0.5, 0.6) is 5.88 Å². The fourth-order valence-electron chi connectivity index (χ4n) is 4.94. The highest BCUT2D eigenvalue weighted by atomic mass is 32.1. The Morgan fingerprint density at radius 1 is 1.14 bits per heavy atom. The number of pyridine rings is 1. The highest BCUT2D eigenvalue weighted by Gasteiger charge is 2.25. The van der Waals surface area contributed by atoms with Gasteiger partial charge in [-0.25, -0.2) is 4.98 Å². The van der Waals surface area contributed by atoms with Gasteiger partial charge < -0.3 is 19.1 Å². The van der Waals surface area contributed by atoms with Gasteiger partial charge in [0, 0.05) is 52.9 Å². The summed E-state index contributed by atoms with van der Waals surface area (Å²) in [5.41, 5.74) is 3.26. The van der Waals surface area contributed by atoms with E-state index < -0.39 is 6.10 Å². The number of thiophene rings is 1. The van der Waals surface area contributed by atoms with Gasteiger partial charge in [0.2, 0.25) is 5.88 Å². The molecule has 0 bridgehead atoms. The van der Waals surface area contributed by atoms with Gasteiger partial charge in [-0.05, 0) is 50.1 Å². The van der Waals surface area contributed by atoms with E-state index >= 15 is 0 Å². The van der Waals surface area contributed by atoms with Crippen molar-refractivity contribution in [1.29, 1.82) is 0 Å². The zero-order valence-corrected chi connectivity index (χ0v) is 21.2. The molecule has 0 amide bonds. The number of aliphatic hydroxyl groups is 1. The van der Waals surface area contributed by atoms with E-state index in [2.05, 4.69) is 57.8 Å². The Labute approximate surface area is 210 Å². The fraction of sp³-hybridized carbons (Fsp3) is 0.393. The predicted octanol–water partition coefficient (Wildman–Crippen LogP) is 5.18. The number of likely N-dealkylation sites (tertiary alicyclic amines) is 1. The van der Waals surface area contributed by atoms with Crippen LogP contribution in [0.3, 0.4) is 0 Å². The van der Waals surface area contributed by atoms with Crippen molar-refractivity contribution in [2.45, 2.75) is 45.1 Å². The third-order valence-corrected chi connectivity index (χ3v) is 8.11. The minimum absolute atomic E-state index is 0.480. The average Bonchev–Trinajstić information content (AvgIpc) is 3.58. The van der Waals surface area contributed by atoms with E-state index in [1.54, 1.807) is 30.7 Å². The number of fused-ring (bicyclic) bond motifs is 1. The number of aliphatic hydroxyl groups excluding tert-OH is 1. The van der Waals surface area contributed by atoms with Crippen molar-refractivity contribution in [2.24, 2.45) is 0 Å². The molecule has 4 aromatic rings. The van der Waals surface area contributed by atoms with Crippen LogP contribution >= 0.6 is 11.3 Å². The first-order valence-corrected chi connectivity index (χ1v) is 13.1. The van der Waals surface area contributed by atoms with Gasteiger partial charge in [-0.15, -0.1) is 11.3 Å². The van der Waals surface area contributed by atoms with Crippen LogP contribution in [0.15, 0.2) is 60.8 Å². The van der Waals surface area contributed by atoms with Gasteiger partial charge in [0.15, 0.2) is 0 Å². The lowest BCUT2D eigenvalue weighted by atomic mass is 10.1. The molecule has 5 rings (SSSR count). The molecule has 1 aliphatic rings. The summed E-state index contributed by atoms with van der Waals surface area (Å²) in [6, 6.07) is 18.8. The number of hydrogen-bond acceptors (Lipinski definition) is 6. The number of methoxy groups -OCH3 is 1. The molecule has 6 nitrogen and oxygen atoms in total. The maximum Gasteiger partial charge on any atom is 0.212 e. The molecule has 0 saturated carbocycles. The van der Waals surface area contributed by atoms with Crippen molar-refractivity contribution in [1.82, 2.24) is 14.5 Å². The van der Waals surface area contributed by atoms with Crippen LogP contribution in [-0.2, 0) is 17.9 Å². The Morgan fingerprint density at radius 3 is 2.77 bits per heavy atom. The van der Waals surface area contributed by atoms with Crippen molar-refractivity contribution >= 4 is 21.6 Å². The summed E-state index contributed by atoms with van der Waals surface area (Å²) in [6.07, 6.45) is 3.41. The van der Waals surface area contributed by atoms with Crippen molar-refractivity contribution in [3.05, 3.63) is 82.5 Å². The summed E-state index contributed by atoms with van der Waals surface area (Å²) in [5.74, 6) is 0.546. The van der Waals surface area contributed by atoms with Crippen molar-refractivity contribution in [2.75, 3.05) is 26.8 Å². The van der Waals surface area contributed by atoms with Crippen LogP contribution in [-0.4, -0.2) is 52.4 Å². The Hall–Kier alpha value is -2.71. The number of ether oxygens (including phenoxy) is 2. The standard InChI is InChI=1S/C28H33N3O3S/c1-20-15-23-16-25(27(32)22-10-11-26(33-2)29-17-22)35-28(23)31(20)14-13-30-12-6-9-24(30)19-34-18-21-7-4-3-5-8-21/h3-5,7-8,10-11,15-17,24,27,32H,6,9,12-14,18-19H2,1-2H3. The highest BCUT2D eigenvalue weighted by molar-refractivity contribution is 7.18. The Kier molecular flexibility index (Phi) is 7.48. The van der Waals surface area contributed by atoms with Crippen LogP contribution < -0.4 is 4.74 Å². The van der Waals surface area contributed by atoms with Crippen molar-refractivity contribution in [3.8, 4) is 5.88 Å². The van der Waals surface area contributed by atoms with Gasteiger partial charge in [0.05, 0.1) is 20.3 Å². The molecule has 1 aliphatic heterocycles. The van der Waals surface area contributed by atoms with Crippen molar-refractivity contribution in [3.63, 3.8) is 0 Å². The molecular weight excluding hydrogens is 458 g/mol. The summed E-state index contributed by atoms with van der Waals surface area (Å²) < 4.78 is 13.6.